The van der Waals surface area contributed by atoms with Gasteiger partial charge in [0.25, 0.3) is 0 Å². The van der Waals surface area contributed by atoms with Crippen LogP contribution in [0.3, 0.4) is 0 Å². The summed E-state index contributed by atoms with van der Waals surface area (Å²) in [6, 6.07) is 30.0. The van der Waals surface area contributed by atoms with Crippen LogP contribution >= 0.6 is 11.8 Å². The number of aliphatic carboxylic acids is 1. The number of carbonyl (C=O) groups is 2. The van der Waals surface area contributed by atoms with E-state index in [0.717, 1.165) is 50.6 Å². The normalized spacial score (nSPS) is 17.8. The number of aliphatic hydroxyl groups excluding tert-OH is 1. The molecule has 3 atom stereocenters. The number of carboxylic acid groups (broad SMARTS) is 1. The van der Waals surface area contributed by atoms with E-state index >= 15 is 0 Å². The SMILES string of the molecule is O=C(O)CCCCCC(=O)NCc1ccccc1-c1ccc(C2OC(CSc3ccccn3)CC(c3ccc(CO)cc3)O2)cc1. The van der Waals surface area contributed by atoms with Gasteiger partial charge in [-0.3, -0.25) is 9.59 Å². The van der Waals surface area contributed by atoms with Crippen molar-refractivity contribution in [3.05, 3.63) is 119 Å². The lowest BCUT2D eigenvalue weighted by Gasteiger charge is -2.36. The molecule has 0 radical (unpaired) electrons. The molecule has 0 spiro atoms. The van der Waals surface area contributed by atoms with Gasteiger partial charge in [-0.05, 0) is 52.8 Å². The number of ether oxygens (including phenoxy) is 2. The van der Waals surface area contributed by atoms with Gasteiger partial charge in [0.1, 0.15) is 0 Å². The highest BCUT2D eigenvalue weighted by Gasteiger charge is 2.32. The second-order valence-corrected chi connectivity index (χ2v) is 12.4. The number of unbranched alkanes of at least 4 members (excludes halogenated alkanes) is 2. The van der Waals surface area contributed by atoms with Gasteiger partial charge in [-0.2, -0.15) is 0 Å². The first kappa shape index (κ1) is 33.3. The zero-order valence-electron chi connectivity index (χ0n) is 25.7. The van der Waals surface area contributed by atoms with Gasteiger partial charge >= 0.3 is 5.97 Å². The third kappa shape index (κ3) is 9.74. The molecule has 46 heavy (non-hydrogen) atoms. The molecule has 3 N–H and O–H groups in total. The Balaban J connectivity index is 1.25. The lowest BCUT2D eigenvalue weighted by molar-refractivity contribution is -0.245. The Bertz CT molecular complexity index is 1550. The number of aliphatic hydroxyl groups is 1. The predicted molar refractivity (Wildman–Crippen MR) is 178 cm³/mol. The fourth-order valence-electron chi connectivity index (χ4n) is 5.43. The minimum atomic E-state index is -0.804. The van der Waals surface area contributed by atoms with Crippen LogP contribution in [0, 0.1) is 0 Å². The van der Waals surface area contributed by atoms with Crippen LogP contribution in [0.5, 0.6) is 0 Å². The van der Waals surface area contributed by atoms with Crippen LogP contribution in [-0.2, 0) is 32.2 Å². The van der Waals surface area contributed by atoms with E-state index < -0.39 is 12.3 Å². The van der Waals surface area contributed by atoms with Gasteiger partial charge in [0.15, 0.2) is 6.29 Å². The number of nitrogens with one attached hydrogen (secondary N) is 1. The van der Waals surface area contributed by atoms with Gasteiger partial charge in [0.05, 0.1) is 23.8 Å². The summed E-state index contributed by atoms with van der Waals surface area (Å²) in [5.41, 5.74) is 5.90. The van der Waals surface area contributed by atoms with Crippen molar-refractivity contribution in [2.45, 2.75) is 75.2 Å². The van der Waals surface area contributed by atoms with Crippen molar-refractivity contribution in [2.24, 2.45) is 0 Å². The number of hydrogen-bond donors (Lipinski definition) is 3. The summed E-state index contributed by atoms with van der Waals surface area (Å²) in [6.45, 7) is 0.409. The second kappa shape index (κ2) is 17.1. The van der Waals surface area contributed by atoms with Crippen LogP contribution in [-0.4, -0.2) is 38.9 Å². The van der Waals surface area contributed by atoms with E-state index in [1.54, 1.807) is 18.0 Å². The van der Waals surface area contributed by atoms with E-state index in [9.17, 15) is 14.7 Å². The number of carboxylic acids is 1. The number of carbonyl (C=O) groups excluding carboxylic acids is 1. The standard InChI is InChI=1S/C37H40N2O6S/c40-24-26-13-15-28(16-14-26)33-22-31(25-46-35-11-6-7-21-38-35)44-37(45-33)29-19-17-27(18-20-29)32-9-5-4-8-30(32)23-39-34(41)10-2-1-3-12-36(42)43/h4-9,11,13-21,31,33,37,40H,1-3,10,12,22-25H2,(H,39,41)(H,42,43). The van der Waals surface area contributed by atoms with E-state index in [2.05, 4.69) is 22.4 Å². The molecule has 1 saturated heterocycles. The molecule has 1 aliphatic rings. The Morgan fingerprint density at radius 3 is 2.33 bits per heavy atom. The van der Waals surface area contributed by atoms with Crippen molar-refractivity contribution < 1.29 is 29.3 Å². The summed E-state index contributed by atoms with van der Waals surface area (Å²) in [5.74, 6) is -0.104. The van der Waals surface area contributed by atoms with Crippen molar-refractivity contribution in [3.8, 4) is 11.1 Å². The first-order valence-electron chi connectivity index (χ1n) is 15.7. The van der Waals surface area contributed by atoms with Gasteiger partial charge in [0, 0.05) is 43.3 Å². The number of hydrogen-bond acceptors (Lipinski definition) is 7. The Morgan fingerprint density at radius 1 is 0.848 bits per heavy atom. The molecule has 8 nitrogen and oxygen atoms in total. The van der Waals surface area contributed by atoms with Crippen LogP contribution in [0.25, 0.3) is 11.1 Å². The lowest BCUT2D eigenvalue weighted by Crippen LogP contribution is -2.31. The molecule has 4 aromatic rings. The molecule has 3 aromatic carbocycles. The quantitative estimate of drug-likeness (QED) is 0.0920. The monoisotopic (exact) mass is 640 g/mol. The van der Waals surface area contributed by atoms with E-state index in [1.165, 1.54) is 0 Å². The molecule has 3 unspecified atom stereocenters. The van der Waals surface area contributed by atoms with Gasteiger partial charge in [-0.1, -0.05) is 85.3 Å². The van der Waals surface area contributed by atoms with Gasteiger partial charge in [-0.15, -0.1) is 11.8 Å². The van der Waals surface area contributed by atoms with E-state index in [4.69, 9.17) is 14.6 Å². The molecule has 0 bridgehead atoms. The topological polar surface area (TPSA) is 118 Å². The number of pyridine rings is 1. The smallest absolute Gasteiger partial charge is 0.303 e. The second-order valence-electron chi connectivity index (χ2n) is 11.3. The minimum absolute atomic E-state index is 0.00108. The fraction of sp³-hybridized carbons (Fsp3) is 0.324. The van der Waals surface area contributed by atoms with E-state index in [-0.39, 0.29) is 31.1 Å². The first-order valence-corrected chi connectivity index (χ1v) is 16.7. The van der Waals surface area contributed by atoms with E-state index in [1.807, 2.05) is 78.9 Å². The summed E-state index contributed by atoms with van der Waals surface area (Å²) in [4.78, 5) is 27.5. The van der Waals surface area contributed by atoms with Crippen LogP contribution in [0.1, 0.15) is 73.2 Å². The van der Waals surface area contributed by atoms with Crippen molar-refractivity contribution in [3.63, 3.8) is 0 Å². The third-order valence-corrected chi connectivity index (χ3v) is 9.03. The molecule has 240 valence electrons. The van der Waals surface area contributed by atoms with Crippen molar-refractivity contribution in [1.82, 2.24) is 10.3 Å². The maximum absolute atomic E-state index is 12.4. The summed E-state index contributed by atoms with van der Waals surface area (Å²) in [6.07, 6.45) is 4.21. The molecule has 1 fully saturated rings. The first-order chi connectivity index (χ1) is 22.5. The molecule has 1 aromatic heterocycles. The van der Waals surface area contributed by atoms with Gasteiger partial charge in [0.2, 0.25) is 5.91 Å². The largest absolute Gasteiger partial charge is 0.481 e. The molecule has 5 rings (SSSR count). The Hall–Kier alpha value is -4.02. The fourth-order valence-corrected chi connectivity index (χ4v) is 6.31. The van der Waals surface area contributed by atoms with E-state index in [0.29, 0.717) is 32.2 Å². The molecule has 2 heterocycles. The van der Waals surface area contributed by atoms with Gasteiger partial charge in [-0.25, -0.2) is 4.98 Å². The lowest BCUT2D eigenvalue weighted by atomic mass is 9.97. The number of aromatic nitrogens is 1. The highest BCUT2D eigenvalue weighted by molar-refractivity contribution is 7.99. The summed E-state index contributed by atoms with van der Waals surface area (Å²) in [7, 11) is 0. The molecule has 1 aliphatic heterocycles. The Kier molecular flexibility index (Phi) is 12.4. The van der Waals surface area contributed by atoms with Crippen LogP contribution in [0.2, 0.25) is 0 Å². The van der Waals surface area contributed by atoms with Crippen LogP contribution < -0.4 is 5.32 Å². The molecular formula is C37H40N2O6S. The summed E-state index contributed by atoms with van der Waals surface area (Å²) >= 11 is 1.67. The number of benzene rings is 3. The van der Waals surface area contributed by atoms with Crippen molar-refractivity contribution in [2.75, 3.05) is 5.75 Å². The summed E-state index contributed by atoms with van der Waals surface area (Å²) < 4.78 is 13.0. The zero-order valence-corrected chi connectivity index (χ0v) is 26.5. The highest BCUT2D eigenvalue weighted by atomic mass is 32.2. The number of amides is 1. The van der Waals surface area contributed by atoms with Crippen molar-refractivity contribution in [1.29, 1.82) is 0 Å². The molecular weight excluding hydrogens is 600 g/mol. The minimum Gasteiger partial charge on any atom is -0.481 e. The molecule has 9 heteroatoms. The maximum Gasteiger partial charge on any atom is 0.303 e. The Labute approximate surface area is 274 Å². The van der Waals surface area contributed by atoms with Crippen LogP contribution in [0.4, 0.5) is 0 Å². The highest BCUT2D eigenvalue weighted by Crippen LogP contribution is 2.40. The zero-order chi connectivity index (χ0) is 32.1. The number of nitrogens with zero attached hydrogens (tertiary/aromatic N) is 1. The molecule has 1 amide bonds. The number of rotatable bonds is 15. The average molecular weight is 641 g/mol. The number of thioether (sulfide) groups is 1. The Morgan fingerprint density at radius 2 is 1.59 bits per heavy atom. The van der Waals surface area contributed by atoms with Crippen molar-refractivity contribution >= 4 is 23.6 Å². The summed E-state index contributed by atoms with van der Waals surface area (Å²) in [5, 5.41) is 22.2. The molecule has 0 aliphatic carbocycles. The van der Waals surface area contributed by atoms with Gasteiger partial charge < -0.3 is 25.0 Å². The third-order valence-electron chi connectivity index (χ3n) is 7.95. The maximum atomic E-state index is 12.4. The average Bonchev–Trinajstić information content (AvgIpc) is 3.10. The predicted octanol–water partition coefficient (Wildman–Crippen LogP) is 7.23. The van der Waals surface area contributed by atoms with Crippen LogP contribution in [0.15, 0.2) is 102 Å². The molecule has 0 saturated carbocycles.